The minimum atomic E-state index is -1.67. The maximum atomic E-state index is 9.35. The first-order chi connectivity index (χ1) is 11.4. The largest absolute Gasteiger partial charge is 0.394 e. The summed E-state index contributed by atoms with van der Waals surface area (Å²) >= 11 is 0. The molecule has 24 heavy (non-hydrogen) atoms. The molecule has 0 aliphatic heterocycles. The highest BCUT2D eigenvalue weighted by Gasteiger charge is 2.21. The molecule has 0 amide bonds. The van der Waals surface area contributed by atoms with Crippen LogP contribution in [0, 0.1) is 0 Å². The highest BCUT2D eigenvalue weighted by atomic mass is 16.5. The summed E-state index contributed by atoms with van der Waals surface area (Å²) < 4.78 is 0. The topological polar surface area (TPSA) is 121 Å². The fraction of sp³-hybridized carbons (Fsp3) is 0.444. The molecule has 0 unspecified atom stereocenters. The van der Waals surface area contributed by atoms with E-state index in [2.05, 4.69) is 0 Å². The maximum Gasteiger partial charge on any atom is 0.189 e. The third-order valence-electron chi connectivity index (χ3n) is 2.70. The number of aliphatic hydroxyl groups excluding tert-OH is 4. The second-order valence-electron chi connectivity index (χ2n) is 4.69. The van der Waals surface area contributed by atoms with Crippen LogP contribution < -0.4 is 0 Å². The van der Waals surface area contributed by atoms with E-state index in [4.69, 9.17) is 20.4 Å². The van der Waals surface area contributed by atoms with Crippen molar-refractivity contribution in [3.63, 3.8) is 0 Å². The monoisotopic (exact) mass is 342 g/mol. The van der Waals surface area contributed by atoms with Crippen LogP contribution >= 0.6 is 0 Å². The number of hydrogen-bond donors (Lipinski definition) is 6. The maximum absolute atomic E-state index is 9.35. The smallest absolute Gasteiger partial charge is 0.189 e. The number of benzene rings is 1. The Hall–Kier alpha value is -1.54. The third kappa shape index (κ3) is 14.1. The minimum absolute atomic E-state index is 0.129. The SMILES string of the molecule is C/C=C/C=C/CO.CCC(O)(O)c1ccccc1.OCC(O)CO. The molecule has 0 atom stereocenters. The predicted molar refractivity (Wildman–Crippen MR) is 94.1 cm³/mol. The quantitative estimate of drug-likeness (QED) is 0.334. The highest BCUT2D eigenvalue weighted by molar-refractivity contribution is 5.19. The summed E-state index contributed by atoms with van der Waals surface area (Å²) in [6.07, 6.45) is 6.62. The van der Waals surface area contributed by atoms with Crippen LogP contribution in [0.1, 0.15) is 25.8 Å². The molecule has 0 fully saturated rings. The molecular weight excluding hydrogens is 312 g/mol. The zero-order valence-corrected chi connectivity index (χ0v) is 14.3. The van der Waals surface area contributed by atoms with Crippen LogP contribution in [0.5, 0.6) is 0 Å². The molecule has 0 aliphatic carbocycles. The number of rotatable bonds is 6. The summed E-state index contributed by atoms with van der Waals surface area (Å²) in [5.74, 6) is -1.67. The average Bonchev–Trinajstić information content (AvgIpc) is 2.63. The van der Waals surface area contributed by atoms with E-state index in [-0.39, 0.29) is 19.8 Å². The van der Waals surface area contributed by atoms with Crippen LogP contribution in [-0.4, -0.2) is 56.6 Å². The Morgan fingerprint density at radius 3 is 1.88 bits per heavy atom. The van der Waals surface area contributed by atoms with Gasteiger partial charge in [0.05, 0.1) is 19.8 Å². The van der Waals surface area contributed by atoms with E-state index in [9.17, 15) is 10.2 Å². The van der Waals surface area contributed by atoms with Crippen molar-refractivity contribution in [2.75, 3.05) is 19.8 Å². The first-order valence-electron chi connectivity index (χ1n) is 7.68. The van der Waals surface area contributed by atoms with E-state index < -0.39 is 11.9 Å². The van der Waals surface area contributed by atoms with Crippen molar-refractivity contribution in [1.82, 2.24) is 0 Å². The van der Waals surface area contributed by atoms with Crippen molar-refractivity contribution in [2.45, 2.75) is 32.2 Å². The van der Waals surface area contributed by atoms with E-state index in [1.54, 1.807) is 43.3 Å². The molecule has 0 saturated carbocycles. The van der Waals surface area contributed by atoms with Gasteiger partial charge in [0.25, 0.3) is 0 Å². The predicted octanol–water partition coefficient (Wildman–Crippen LogP) is 0.677. The molecule has 6 nitrogen and oxygen atoms in total. The van der Waals surface area contributed by atoms with Crippen LogP contribution in [0.3, 0.4) is 0 Å². The van der Waals surface area contributed by atoms with Gasteiger partial charge in [-0.1, -0.05) is 61.6 Å². The normalized spacial score (nSPS) is 11.2. The minimum Gasteiger partial charge on any atom is -0.394 e. The van der Waals surface area contributed by atoms with E-state index >= 15 is 0 Å². The highest BCUT2D eigenvalue weighted by Crippen LogP contribution is 2.20. The van der Waals surface area contributed by atoms with Crippen molar-refractivity contribution >= 4 is 0 Å². The fourth-order valence-corrected chi connectivity index (χ4v) is 1.22. The number of aliphatic hydroxyl groups is 6. The summed E-state index contributed by atoms with van der Waals surface area (Å²) in [7, 11) is 0. The lowest BCUT2D eigenvalue weighted by molar-refractivity contribution is -0.171. The Labute approximate surface area is 143 Å². The second-order valence-corrected chi connectivity index (χ2v) is 4.69. The van der Waals surface area contributed by atoms with E-state index in [0.29, 0.717) is 12.0 Å². The standard InChI is InChI=1S/C9H12O2.C6H10O.C3H8O3/c1-2-9(10,11)8-6-4-3-5-7-8;1-2-3-4-5-6-7;4-1-3(6)2-5/h3-7,10-11H,2H2,1H3;2-5,7H,6H2,1H3;3-6H,1-2H2/b;3-2+,5-4+;. The molecule has 0 bridgehead atoms. The molecule has 6 N–H and O–H groups in total. The van der Waals surface area contributed by atoms with Gasteiger partial charge in [0.2, 0.25) is 0 Å². The van der Waals surface area contributed by atoms with Gasteiger partial charge in [-0.3, -0.25) is 0 Å². The van der Waals surface area contributed by atoms with Gasteiger partial charge in [-0.15, -0.1) is 0 Å². The average molecular weight is 342 g/mol. The van der Waals surface area contributed by atoms with Crippen LogP contribution in [-0.2, 0) is 5.79 Å². The summed E-state index contributed by atoms with van der Waals surface area (Å²) in [6.45, 7) is 3.06. The molecule has 1 rings (SSSR count). The van der Waals surface area contributed by atoms with Gasteiger partial charge in [-0.2, -0.15) is 0 Å². The Morgan fingerprint density at radius 2 is 1.54 bits per heavy atom. The molecule has 0 aliphatic rings. The Morgan fingerprint density at radius 1 is 1.00 bits per heavy atom. The molecule has 138 valence electrons. The molecule has 0 spiro atoms. The zero-order valence-electron chi connectivity index (χ0n) is 14.3. The van der Waals surface area contributed by atoms with Gasteiger partial charge in [-0.05, 0) is 6.92 Å². The lowest BCUT2D eigenvalue weighted by Gasteiger charge is -2.19. The second kappa shape index (κ2) is 16.3. The fourth-order valence-electron chi connectivity index (χ4n) is 1.22. The van der Waals surface area contributed by atoms with Crippen LogP contribution in [0.15, 0.2) is 54.6 Å². The Balaban J connectivity index is 0. The summed E-state index contributed by atoms with van der Waals surface area (Å²) in [4.78, 5) is 0. The van der Waals surface area contributed by atoms with Crippen molar-refractivity contribution in [2.24, 2.45) is 0 Å². The van der Waals surface area contributed by atoms with E-state index in [1.165, 1.54) is 0 Å². The molecule has 0 heterocycles. The lowest BCUT2D eigenvalue weighted by Crippen LogP contribution is -2.23. The molecule has 0 aromatic heterocycles. The molecular formula is C18H30O6. The van der Waals surface area contributed by atoms with E-state index in [1.807, 2.05) is 25.1 Å². The summed E-state index contributed by atoms with van der Waals surface area (Å²) in [6, 6.07) is 8.81. The van der Waals surface area contributed by atoms with Crippen molar-refractivity contribution in [3.05, 3.63) is 60.2 Å². The van der Waals surface area contributed by atoms with Gasteiger partial charge in [0.15, 0.2) is 5.79 Å². The van der Waals surface area contributed by atoms with E-state index in [0.717, 1.165) is 0 Å². The van der Waals surface area contributed by atoms with Crippen molar-refractivity contribution < 1.29 is 30.6 Å². The molecule has 0 saturated heterocycles. The Kier molecular flexibility index (Phi) is 16.8. The van der Waals surface area contributed by atoms with Gasteiger partial charge >= 0.3 is 0 Å². The molecule has 1 aromatic carbocycles. The first-order valence-corrected chi connectivity index (χ1v) is 7.68. The van der Waals surface area contributed by atoms with Crippen molar-refractivity contribution in [3.8, 4) is 0 Å². The lowest BCUT2D eigenvalue weighted by atomic mass is 10.0. The number of hydrogen-bond acceptors (Lipinski definition) is 6. The van der Waals surface area contributed by atoms with Gasteiger partial charge < -0.3 is 30.6 Å². The molecule has 0 radical (unpaired) electrons. The third-order valence-corrected chi connectivity index (χ3v) is 2.70. The summed E-state index contributed by atoms with van der Waals surface area (Å²) in [5.41, 5.74) is 0.544. The van der Waals surface area contributed by atoms with Crippen LogP contribution in [0.4, 0.5) is 0 Å². The van der Waals surface area contributed by atoms with Crippen LogP contribution in [0.25, 0.3) is 0 Å². The summed E-state index contributed by atoms with van der Waals surface area (Å²) in [5, 5.41) is 50.9. The van der Waals surface area contributed by atoms with Crippen molar-refractivity contribution in [1.29, 1.82) is 0 Å². The molecule has 6 heteroatoms. The zero-order chi connectivity index (χ0) is 18.8. The molecule has 1 aromatic rings. The van der Waals surface area contributed by atoms with Gasteiger partial charge in [-0.25, -0.2) is 0 Å². The van der Waals surface area contributed by atoms with Crippen LogP contribution in [0.2, 0.25) is 0 Å². The first kappa shape index (κ1) is 24.7. The van der Waals surface area contributed by atoms with Gasteiger partial charge in [0.1, 0.15) is 6.10 Å². The number of allylic oxidation sites excluding steroid dienone is 3. The Bertz CT molecular complexity index is 424. The van der Waals surface area contributed by atoms with Gasteiger partial charge in [0, 0.05) is 12.0 Å².